The maximum atomic E-state index is 4.41. The molecule has 62 valence electrons. The average molecular weight is 159 g/mol. The van der Waals surface area contributed by atoms with E-state index in [2.05, 4.69) is 37.0 Å². The Hall–Kier alpha value is -1.11. The lowest BCUT2D eigenvalue weighted by Crippen LogP contribution is -2.05. The van der Waals surface area contributed by atoms with Gasteiger partial charge in [-0.1, -0.05) is 19.1 Å². The van der Waals surface area contributed by atoms with Gasteiger partial charge in [0, 0.05) is 6.21 Å². The van der Waals surface area contributed by atoms with Gasteiger partial charge in [0.15, 0.2) is 0 Å². The van der Waals surface area contributed by atoms with E-state index in [-0.39, 0.29) is 0 Å². The van der Waals surface area contributed by atoms with Crippen LogP contribution in [-0.4, -0.2) is 6.21 Å². The van der Waals surface area contributed by atoms with Crippen molar-refractivity contribution in [2.24, 2.45) is 10.9 Å². The maximum absolute atomic E-state index is 4.41. The molecule has 1 heterocycles. The molecule has 0 N–H and O–H groups in total. The molecule has 1 aliphatic rings. The minimum Gasteiger partial charge on any atom is -0.261 e. The lowest BCUT2D eigenvalue weighted by Gasteiger charge is -2.14. The Morgan fingerprint density at radius 2 is 2.25 bits per heavy atom. The summed E-state index contributed by atoms with van der Waals surface area (Å²) in [5, 5.41) is 0. The fraction of sp³-hybridized carbons (Fsp3) is 0.364. The zero-order chi connectivity index (χ0) is 8.55. The summed E-state index contributed by atoms with van der Waals surface area (Å²) >= 11 is 0. The minimum absolute atomic E-state index is 0.597. The molecule has 1 aromatic rings. The first kappa shape index (κ1) is 7.53. The van der Waals surface area contributed by atoms with E-state index < -0.39 is 0 Å². The number of nitrogens with zero attached hydrogens (tertiary/aromatic N) is 1. The van der Waals surface area contributed by atoms with Crippen LogP contribution in [0.5, 0.6) is 0 Å². The van der Waals surface area contributed by atoms with E-state index in [1.807, 2.05) is 6.21 Å². The second kappa shape index (κ2) is 2.74. The molecule has 0 saturated heterocycles. The highest BCUT2D eigenvalue weighted by Gasteiger charge is 2.10. The number of benzene rings is 1. The summed E-state index contributed by atoms with van der Waals surface area (Å²) in [5.74, 6) is 0.597. The van der Waals surface area contributed by atoms with Crippen LogP contribution in [0.1, 0.15) is 18.1 Å². The molecule has 0 aromatic heterocycles. The molecule has 1 unspecified atom stereocenters. The van der Waals surface area contributed by atoms with E-state index in [1.54, 1.807) is 0 Å². The van der Waals surface area contributed by atoms with E-state index in [1.165, 1.54) is 11.1 Å². The highest BCUT2D eigenvalue weighted by Crippen LogP contribution is 2.26. The molecule has 1 atom stereocenters. The summed E-state index contributed by atoms with van der Waals surface area (Å²) in [5.41, 5.74) is 3.84. The van der Waals surface area contributed by atoms with Gasteiger partial charge in [-0.25, -0.2) is 0 Å². The second-order valence-electron chi connectivity index (χ2n) is 3.59. The molecule has 1 heteroatoms. The number of hydrogen-bond donors (Lipinski definition) is 0. The molecule has 0 radical (unpaired) electrons. The van der Waals surface area contributed by atoms with Crippen molar-refractivity contribution in [2.75, 3.05) is 0 Å². The van der Waals surface area contributed by atoms with Gasteiger partial charge < -0.3 is 0 Å². The van der Waals surface area contributed by atoms with Crippen molar-refractivity contribution in [2.45, 2.75) is 20.3 Å². The van der Waals surface area contributed by atoms with Crippen LogP contribution in [0, 0.1) is 12.8 Å². The summed E-state index contributed by atoms with van der Waals surface area (Å²) in [6, 6.07) is 6.50. The van der Waals surface area contributed by atoms with Gasteiger partial charge in [-0.3, -0.25) is 4.99 Å². The Morgan fingerprint density at radius 3 is 3.08 bits per heavy atom. The van der Waals surface area contributed by atoms with Gasteiger partial charge in [0.05, 0.1) is 5.69 Å². The number of fused-ring (bicyclic) bond motifs is 1. The van der Waals surface area contributed by atoms with E-state index in [9.17, 15) is 0 Å². The third-order valence-electron chi connectivity index (χ3n) is 2.25. The van der Waals surface area contributed by atoms with Gasteiger partial charge in [0.1, 0.15) is 0 Å². The monoisotopic (exact) mass is 159 g/mol. The van der Waals surface area contributed by atoms with Crippen LogP contribution in [0.4, 0.5) is 5.69 Å². The van der Waals surface area contributed by atoms with E-state index in [0.717, 1.165) is 12.1 Å². The Bertz CT molecular complexity index is 326. The van der Waals surface area contributed by atoms with Crippen molar-refractivity contribution < 1.29 is 0 Å². The molecule has 0 saturated carbocycles. The minimum atomic E-state index is 0.597. The molecule has 0 aliphatic carbocycles. The van der Waals surface area contributed by atoms with Crippen molar-refractivity contribution in [3.8, 4) is 0 Å². The largest absolute Gasteiger partial charge is 0.261 e. The topological polar surface area (TPSA) is 12.4 Å². The standard InChI is InChI=1S/C11H13N/c1-8-3-4-10-5-9(2)7-12-11(10)6-8/h3-4,6-7,9H,5H2,1-2H3. The zero-order valence-electron chi connectivity index (χ0n) is 7.54. The molecular weight excluding hydrogens is 146 g/mol. The molecule has 12 heavy (non-hydrogen) atoms. The van der Waals surface area contributed by atoms with Crippen molar-refractivity contribution >= 4 is 11.9 Å². The van der Waals surface area contributed by atoms with Gasteiger partial charge in [-0.05, 0) is 36.5 Å². The normalized spacial score (nSPS) is 20.7. The van der Waals surface area contributed by atoms with Crippen LogP contribution in [-0.2, 0) is 6.42 Å². The highest BCUT2D eigenvalue weighted by atomic mass is 14.7. The average Bonchev–Trinajstić information content (AvgIpc) is 2.05. The first-order valence-corrected chi connectivity index (χ1v) is 4.39. The summed E-state index contributed by atoms with van der Waals surface area (Å²) in [6.07, 6.45) is 3.18. The fourth-order valence-corrected chi connectivity index (χ4v) is 1.57. The Morgan fingerprint density at radius 1 is 1.42 bits per heavy atom. The first-order chi connectivity index (χ1) is 5.75. The highest BCUT2D eigenvalue weighted by molar-refractivity contribution is 5.71. The zero-order valence-corrected chi connectivity index (χ0v) is 7.54. The SMILES string of the molecule is Cc1ccc2c(c1)N=CC(C)C2. The van der Waals surface area contributed by atoms with Gasteiger partial charge in [0.25, 0.3) is 0 Å². The third-order valence-corrected chi connectivity index (χ3v) is 2.25. The number of aryl methyl sites for hydroxylation is 1. The predicted molar refractivity (Wildman–Crippen MR) is 52.2 cm³/mol. The maximum Gasteiger partial charge on any atom is 0.0660 e. The number of aliphatic imine (C=N–C) groups is 1. The van der Waals surface area contributed by atoms with Crippen LogP contribution in [0.25, 0.3) is 0 Å². The van der Waals surface area contributed by atoms with Gasteiger partial charge in [-0.2, -0.15) is 0 Å². The lowest BCUT2D eigenvalue weighted by atomic mass is 9.97. The fourth-order valence-electron chi connectivity index (χ4n) is 1.57. The van der Waals surface area contributed by atoms with Crippen LogP contribution in [0.2, 0.25) is 0 Å². The van der Waals surface area contributed by atoms with E-state index in [0.29, 0.717) is 5.92 Å². The number of rotatable bonds is 0. The summed E-state index contributed by atoms with van der Waals surface area (Å²) in [6.45, 7) is 4.31. The Balaban J connectivity index is 2.47. The van der Waals surface area contributed by atoms with Crippen LogP contribution in [0.3, 0.4) is 0 Å². The van der Waals surface area contributed by atoms with E-state index >= 15 is 0 Å². The molecule has 1 aromatic carbocycles. The number of hydrogen-bond acceptors (Lipinski definition) is 1. The smallest absolute Gasteiger partial charge is 0.0660 e. The Kier molecular flexibility index (Phi) is 1.72. The third kappa shape index (κ3) is 1.27. The predicted octanol–water partition coefficient (Wildman–Crippen LogP) is 2.89. The van der Waals surface area contributed by atoms with Crippen molar-refractivity contribution in [1.82, 2.24) is 0 Å². The Labute approximate surface area is 73.1 Å². The van der Waals surface area contributed by atoms with Crippen LogP contribution >= 0.6 is 0 Å². The lowest BCUT2D eigenvalue weighted by molar-refractivity contribution is 0.771. The summed E-state index contributed by atoms with van der Waals surface area (Å²) in [7, 11) is 0. The second-order valence-corrected chi connectivity index (χ2v) is 3.59. The molecule has 0 bridgehead atoms. The van der Waals surface area contributed by atoms with Gasteiger partial charge in [0.2, 0.25) is 0 Å². The van der Waals surface area contributed by atoms with Crippen LogP contribution < -0.4 is 0 Å². The van der Waals surface area contributed by atoms with E-state index in [4.69, 9.17) is 0 Å². The van der Waals surface area contributed by atoms with Crippen molar-refractivity contribution in [3.63, 3.8) is 0 Å². The molecule has 0 amide bonds. The van der Waals surface area contributed by atoms with Crippen molar-refractivity contribution in [1.29, 1.82) is 0 Å². The molecular formula is C11H13N. The molecule has 0 spiro atoms. The first-order valence-electron chi connectivity index (χ1n) is 4.39. The molecule has 0 fully saturated rings. The van der Waals surface area contributed by atoms with Gasteiger partial charge in [-0.15, -0.1) is 0 Å². The molecule has 1 nitrogen and oxygen atoms in total. The summed E-state index contributed by atoms with van der Waals surface area (Å²) in [4.78, 5) is 4.41. The van der Waals surface area contributed by atoms with Crippen LogP contribution in [0.15, 0.2) is 23.2 Å². The quantitative estimate of drug-likeness (QED) is 0.552. The van der Waals surface area contributed by atoms with Crippen molar-refractivity contribution in [3.05, 3.63) is 29.3 Å². The molecule has 1 aliphatic heterocycles. The molecule has 2 rings (SSSR count). The summed E-state index contributed by atoms with van der Waals surface area (Å²) < 4.78 is 0. The van der Waals surface area contributed by atoms with Gasteiger partial charge >= 0.3 is 0 Å².